The Balaban J connectivity index is 1.34. The number of aryl methyl sites for hydroxylation is 1. The van der Waals surface area contributed by atoms with Crippen LogP contribution in [0.2, 0.25) is 0 Å². The van der Waals surface area contributed by atoms with Crippen LogP contribution in [0, 0.1) is 6.92 Å². The molecule has 3 unspecified atom stereocenters. The van der Waals surface area contributed by atoms with Crippen LogP contribution in [0.3, 0.4) is 0 Å². The van der Waals surface area contributed by atoms with Crippen molar-refractivity contribution in [2.45, 2.75) is 51.1 Å². The van der Waals surface area contributed by atoms with E-state index in [-0.39, 0.29) is 11.9 Å². The average Bonchev–Trinajstić information content (AvgIpc) is 2.81. The zero-order chi connectivity index (χ0) is 22.7. The van der Waals surface area contributed by atoms with Crippen molar-refractivity contribution < 1.29 is 0 Å². The summed E-state index contributed by atoms with van der Waals surface area (Å²) >= 11 is 0. The summed E-state index contributed by atoms with van der Waals surface area (Å²) < 4.78 is 0. The molecule has 1 aromatic rings. The number of nitrogens with two attached hydrogens (primary N) is 1. The fraction of sp³-hybridized carbons (Fsp3) is 0.667. The lowest BCUT2D eigenvalue weighted by Gasteiger charge is -2.43. The average molecular weight is 460 g/mol. The van der Waals surface area contributed by atoms with Crippen LogP contribution in [0.1, 0.15) is 31.7 Å². The van der Waals surface area contributed by atoms with Crippen LogP contribution in [-0.4, -0.2) is 81.2 Å². The van der Waals surface area contributed by atoms with Crippen LogP contribution >= 0.6 is 8.58 Å². The Morgan fingerprint density at radius 3 is 2.47 bits per heavy atom. The Bertz CT molecular complexity index is 798. The topological polar surface area (TPSA) is 71.8 Å². The zero-order valence-electron chi connectivity index (χ0n) is 20.2. The first-order valence-electron chi connectivity index (χ1n) is 12.2. The van der Waals surface area contributed by atoms with E-state index in [0.717, 1.165) is 37.1 Å². The summed E-state index contributed by atoms with van der Waals surface area (Å²) in [5, 5.41) is 11.9. The van der Waals surface area contributed by atoms with Crippen molar-refractivity contribution in [3.63, 3.8) is 0 Å². The first-order chi connectivity index (χ1) is 15.5. The van der Waals surface area contributed by atoms with Gasteiger partial charge in [0.15, 0.2) is 0 Å². The summed E-state index contributed by atoms with van der Waals surface area (Å²) in [6.07, 6.45) is 3.60. The number of nitrogens with one attached hydrogen (secondary N) is 3. The molecule has 0 amide bonds. The smallest absolute Gasteiger partial charge is 0.117 e. The Morgan fingerprint density at radius 1 is 1.12 bits per heavy atom. The number of piperidine rings is 1. The van der Waals surface area contributed by atoms with Crippen molar-refractivity contribution in [2.24, 2.45) is 5.73 Å². The maximum absolute atomic E-state index is 6.49. The largest absolute Gasteiger partial charge is 0.375 e. The first kappa shape index (κ1) is 23.6. The van der Waals surface area contributed by atoms with Gasteiger partial charge in [0.1, 0.15) is 12.0 Å². The highest BCUT2D eigenvalue weighted by Gasteiger charge is 2.28. The van der Waals surface area contributed by atoms with E-state index in [2.05, 4.69) is 69.7 Å². The Morgan fingerprint density at radius 2 is 1.84 bits per heavy atom. The summed E-state index contributed by atoms with van der Waals surface area (Å²) in [5.41, 5.74) is 10.3. The van der Waals surface area contributed by atoms with Gasteiger partial charge in [0.05, 0.1) is 5.78 Å². The number of hydrogen-bond donors (Lipinski definition) is 4. The fourth-order valence-electron chi connectivity index (χ4n) is 5.26. The lowest BCUT2D eigenvalue weighted by atomic mass is 10.0. The van der Waals surface area contributed by atoms with Crippen LogP contribution < -0.4 is 26.6 Å². The van der Waals surface area contributed by atoms with Crippen molar-refractivity contribution in [2.75, 3.05) is 63.6 Å². The molecule has 3 heterocycles. The molecule has 0 bridgehead atoms. The quantitative estimate of drug-likeness (QED) is 0.487. The van der Waals surface area contributed by atoms with Crippen LogP contribution in [0.4, 0.5) is 11.4 Å². The van der Waals surface area contributed by atoms with Gasteiger partial charge in [0.25, 0.3) is 0 Å². The second kappa shape index (κ2) is 10.6. The van der Waals surface area contributed by atoms with Gasteiger partial charge >= 0.3 is 0 Å². The molecule has 2 saturated heterocycles. The molecule has 2 fully saturated rings. The highest BCUT2D eigenvalue weighted by atomic mass is 31.1. The maximum atomic E-state index is 6.49. The Hall–Kier alpha value is -1.53. The highest BCUT2D eigenvalue weighted by molar-refractivity contribution is 7.44. The van der Waals surface area contributed by atoms with Gasteiger partial charge in [-0.1, -0.05) is 15.5 Å². The zero-order valence-corrected chi connectivity index (χ0v) is 21.2. The third-order valence-corrected chi connectivity index (χ3v) is 8.90. The van der Waals surface area contributed by atoms with Gasteiger partial charge in [-0.05, 0) is 62.3 Å². The molecule has 1 aromatic carbocycles. The minimum Gasteiger partial charge on any atom is -0.375 e. The van der Waals surface area contributed by atoms with E-state index in [0.29, 0.717) is 8.58 Å². The molecule has 4 rings (SSSR count). The maximum Gasteiger partial charge on any atom is 0.117 e. The van der Waals surface area contributed by atoms with Gasteiger partial charge in [0.2, 0.25) is 0 Å². The summed E-state index contributed by atoms with van der Waals surface area (Å²) in [5.74, 6) is 1.21. The summed E-state index contributed by atoms with van der Waals surface area (Å²) in [6, 6.07) is 7.53. The van der Waals surface area contributed by atoms with E-state index < -0.39 is 0 Å². The van der Waals surface area contributed by atoms with E-state index in [1.165, 1.54) is 55.6 Å². The third kappa shape index (κ3) is 5.33. The highest BCUT2D eigenvalue weighted by Crippen LogP contribution is 2.36. The SMILES string of the molecule is CCC1=C(NC)NC(Nc2ccc(N3CCC(N4CCN(C)CC4)CC3)c(C)c2)C(N)P1. The molecule has 8 heteroatoms. The first-order valence-corrected chi connectivity index (χ1v) is 13.3. The van der Waals surface area contributed by atoms with E-state index in [1.807, 2.05) is 7.05 Å². The second-order valence-corrected chi connectivity index (χ2v) is 11.0. The molecule has 0 aromatic heterocycles. The number of rotatable bonds is 6. The molecule has 32 heavy (non-hydrogen) atoms. The van der Waals surface area contributed by atoms with Crippen molar-refractivity contribution in [3.05, 3.63) is 34.9 Å². The molecule has 3 atom stereocenters. The molecule has 5 N–H and O–H groups in total. The van der Waals surface area contributed by atoms with Crippen LogP contribution in [0.15, 0.2) is 29.3 Å². The van der Waals surface area contributed by atoms with Crippen LogP contribution in [-0.2, 0) is 0 Å². The Labute approximate surface area is 195 Å². The van der Waals surface area contributed by atoms with Crippen molar-refractivity contribution in [3.8, 4) is 0 Å². The van der Waals surface area contributed by atoms with Gasteiger partial charge in [-0.15, -0.1) is 0 Å². The number of likely N-dealkylation sites (N-methyl/N-ethyl adjacent to an activating group) is 1. The molecule has 0 radical (unpaired) electrons. The molecule has 3 aliphatic rings. The molecule has 0 saturated carbocycles. The molecule has 7 nitrogen and oxygen atoms in total. The molecule has 0 spiro atoms. The number of hydrogen-bond acceptors (Lipinski definition) is 7. The minimum atomic E-state index is 0.0377. The van der Waals surface area contributed by atoms with Crippen molar-refractivity contribution in [1.29, 1.82) is 0 Å². The van der Waals surface area contributed by atoms with Gasteiger partial charge in [-0.2, -0.15) is 0 Å². The van der Waals surface area contributed by atoms with E-state index in [4.69, 9.17) is 5.73 Å². The monoisotopic (exact) mass is 459 g/mol. The van der Waals surface area contributed by atoms with Crippen LogP contribution in [0.25, 0.3) is 0 Å². The van der Waals surface area contributed by atoms with Gasteiger partial charge in [-0.25, -0.2) is 0 Å². The van der Waals surface area contributed by atoms with E-state index in [9.17, 15) is 0 Å². The fourth-order valence-corrected chi connectivity index (χ4v) is 6.54. The molecule has 0 aliphatic carbocycles. The minimum absolute atomic E-state index is 0.0377. The van der Waals surface area contributed by atoms with Gasteiger partial charge in [-0.3, -0.25) is 4.90 Å². The molecule has 3 aliphatic heterocycles. The van der Waals surface area contributed by atoms with Crippen molar-refractivity contribution >= 4 is 20.0 Å². The molecular weight excluding hydrogens is 417 g/mol. The predicted molar refractivity (Wildman–Crippen MR) is 139 cm³/mol. The van der Waals surface area contributed by atoms with E-state index >= 15 is 0 Å². The standard InChI is InChI=1S/C24H42N7P/c1-5-21-23(26-3)28-24(22(25)32-21)27-18-6-7-20(17(2)16-18)31-10-8-19(9-11-31)30-14-12-29(4)13-15-30/h6-7,16,19,22,24,26-28,32H,5,8-15,25H2,1-4H3. The van der Waals surface area contributed by atoms with Gasteiger partial charge in [0, 0.05) is 63.7 Å². The number of allylic oxidation sites excluding steroid dienone is 1. The number of piperazine rings is 1. The number of nitrogens with zero attached hydrogens (tertiary/aromatic N) is 3. The Kier molecular flexibility index (Phi) is 7.83. The van der Waals surface area contributed by atoms with Crippen LogP contribution in [0.5, 0.6) is 0 Å². The summed E-state index contributed by atoms with van der Waals surface area (Å²) in [6.45, 7) is 11.6. The molecule has 178 valence electrons. The van der Waals surface area contributed by atoms with Crippen molar-refractivity contribution in [1.82, 2.24) is 20.4 Å². The normalized spacial score (nSPS) is 27.0. The predicted octanol–water partition coefficient (Wildman–Crippen LogP) is 2.31. The summed E-state index contributed by atoms with van der Waals surface area (Å²) in [4.78, 5) is 7.74. The number of benzene rings is 1. The second-order valence-electron chi connectivity index (χ2n) is 9.45. The number of anilines is 2. The summed E-state index contributed by atoms with van der Waals surface area (Å²) in [7, 11) is 4.85. The molecular formula is C24H42N7P. The van der Waals surface area contributed by atoms with Gasteiger partial charge < -0.3 is 31.5 Å². The lowest BCUT2D eigenvalue weighted by molar-refractivity contribution is 0.0982. The lowest BCUT2D eigenvalue weighted by Crippen LogP contribution is -2.52. The third-order valence-electron chi connectivity index (χ3n) is 7.28. The van der Waals surface area contributed by atoms with E-state index in [1.54, 1.807) is 0 Å².